The maximum Gasteiger partial charge on any atom is 0.323 e. The third-order valence-electron chi connectivity index (χ3n) is 2.34. The Morgan fingerprint density at radius 3 is 3.00 bits per heavy atom. The lowest BCUT2D eigenvalue weighted by atomic mass is 10.3. The highest BCUT2D eigenvalue weighted by molar-refractivity contribution is 7.16. The maximum absolute atomic E-state index is 13.5. The molecule has 2 aromatic heterocycles. The number of halogens is 1. The first-order chi connectivity index (χ1) is 8.72. The van der Waals surface area contributed by atoms with Gasteiger partial charge in [0.2, 0.25) is 0 Å². The van der Waals surface area contributed by atoms with Gasteiger partial charge in [-0.2, -0.15) is 4.98 Å². The zero-order valence-electron chi connectivity index (χ0n) is 9.13. The Hall–Kier alpha value is -2.21. The van der Waals surface area contributed by atoms with Gasteiger partial charge in [0.1, 0.15) is 4.83 Å². The molecular formula is C12H8FN3OS. The fourth-order valence-electron chi connectivity index (χ4n) is 1.49. The van der Waals surface area contributed by atoms with Crippen LogP contribution < -0.4 is 10.5 Å². The van der Waals surface area contributed by atoms with Crippen molar-refractivity contribution >= 4 is 27.2 Å². The molecule has 0 radical (unpaired) electrons. The Bertz CT molecular complexity index is 713. The second kappa shape index (κ2) is 4.23. The number of aromatic nitrogens is 2. The second-order valence-electron chi connectivity index (χ2n) is 3.63. The molecular weight excluding hydrogens is 253 g/mol. The van der Waals surface area contributed by atoms with Crippen molar-refractivity contribution in [2.24, 2.45) is 0 Å². The number of benzene rings is 1. The van der Waals surface area contributed by atoms with Crippen molar-refractivity contribution in [2.75, 3.05) is 5.73 Å². The molecule has 0 saturated carbocycles. The number of hydrogen-bond donors (Lipinski definition) is 1. The molecule has 4 nitrogen and oxygen atoms in total. The van der Waals surface area contributed by atoms with Crippen LogP contribution in [0, 0.1) is 5.82 Å². The van der Waals surface area contributed by atoms with Gasteiger partial charge in [0, 0.05) is 23.3 Å². The van der Waals surface area contributed by atoms with E-state index in [0.29, 0.717) is 5.69 Å². The molecule has 0 aliphatic heterocycles. The lowest BCUT2D eigenvalue weighted by Crippen LogP contribution is -1.94. The minimum Gasteiger partial charge on any atom is -0.421 e. The van der Waals surface area contributed by atoms with Crippen molar-refractivity contribution in [3.05, 3.63) is 41.7 Å². The van der Waals surface area contributed by atoms with E-state index in [2.05, 4.69) is 9.97 Å². The van der Waals surface area contributed by atoms with Crippen LogP contribution in [0.4, 0.5) is 10.1 Å². The molecule has 18 heavy (non-hydrogen) atoms. The van der Waals surface area contributed by atoms with Crippen molar-refractivity contribution in [1.29, 1.82) is 0 Å². The lowest BCUT2D eigenvalue weighted by Gasteiger charge is -2.05. The predicted molar refractivity (Wildman–Crippen MR) is 68.3 cm³/mol. The third-order valence-corrected chi connectivity index (χ3v) is 3.17. The van der Waals surface area contributed by atoms with Gasteiger partial charge in [-0.05, 0) is 23.6 Å². The Morgan fingerprint density at radius 1 is 1.28 bits per heavy atom. The van der Waals surface area contributed by atoms with Gasteiger partial charge in [-0.25, -0.2) is 9.37 Å². The SMILES string of the molecule is Nc1ccc(Oc2ncc3ccsc3n2)c(F)c1. The number of fused-ring (bicyclic) bond motifs is 1. The van der Waals surface area contributed by atoms with Gasteiger partial charge in [0.25, 0.3) is 0 Å². The monoisotopic (exact) mass is 261 g/mol. The van der Waals surface area contributed by atoms with Gasteiger partial charge < -0.3 is 10.5 Å². The smallest absolute Gasteiger partial charge is 0.323 e. The van der Waals surface area contributed by atoms with E-state index in [1.165, 1.54) is 23.5 Å². The molecule has 0 fully saturated rings. The van der Waals surface area contributed by atoms with Crippen LogP contribution in [0.25, 0.3) is 10.2 Å². The Labute approximate surface area is 106 Å². The van der Waals surface area contributed by atoms with E-state index in [-0.39, 0.29) is 11.8 Å². The van der Waals surface area contributed by atoms with Crippen molar-refractivity contribution in [2.45, 2.75) is 0 Å². The number of rotatable bonds is 2. The highest BCUT2D eigenvalue weighted by atomic mass is 32.1. The molecule has 0 aliphatic rings. The summed E-state index contributed by atoms with van der Waals surface area (Å²) < 4.78 is 18.8. The van der Waals surface area contributed by atoms with Gasteiger partial charge in [0.05, 0.1) is 0 Å². The van der Waals surface area contributed by atoms with Gasteiger partial charge in [0.15, 0.2) is 11.6 Å². The summed E-state index contributed by atoms with van der Waals surface area (Å²) in [5.41, 5.74) is 5.80. The van der Waals surface area contributed by atoms with Crippen molar-refractivity contribution in [3.8, 4) is 11.8 Å². The van der Waals surface area contributed by atoms with Crippen LogP contribution in [-0.2, 0) is 0 Å². The predicted octanol–water partition coefficient (Wildman–Crippen LogP) is 3.20. The molecule has 2 N–H and O–H groups in total. The summed E-state index contributed by atoms with van der Waals surface area (Å²) in [6.45, 7) is 0. The van der Waals surface area contributed by atoms with Crippen LogP contribution >= 0.6 is 11.3 Å². The molecule has 0 saturated heterocycles. The average Bonchev–Trinajstić information content (AvgIpc) is 2.80. The fraction of sp³-hybridized carbons (Fsp3) is 0. The average molecular weight is 261 g/mol. The zero-order valence-corrected chi connectivity index (χ0v) is 9.95. The van der Waals surface area contributed by atoms with Crippen LogP contribution in [-0.4, -0.2) is 9.97 Å². The third kappa shape index (κ3) is 1.98. The van der Waals surface area contributed by atoms with E-state index in [4.69, 9.17) is 10.5 Å². The van der Waals surface area contributed by atoms with Crippen LogP contribution in [0.1, 0.15) is 0 Å². The van der Waals surface area contributed by atoms with Crippen molar-refractivity contribution in [3.63, 3.8) is 0 Å². The highest BCUT2D eigenvalue weighted by Gasteiger charge is 2.08. The van der Waals surface area contributed by atoms with E-state index in [9.17, 15) is 4.39 Å². The maximum atomic E-state index is 13.5. The normalized spacial score (nSPS) is 10.7. The van der Waals surface area contributed by atoms with E-state index >= 15 is 0 Å². The van der Waals surface area contributed by atoms with E-state index in [0.717, 1.165) is 10.2 Å². The Morgan fingerprint density at radius 2 is 2.17 bits per heavy atom. The molecule has 0 amide bonds. The first-order valence-electron chi connectivity index (χ1n) is 5.15. The number of nitrogens with zero attached hydrogens (tertiary/aromatic N) is 2. The first kappa shape index (κ1) is 10.9. The standard InChI is InChI=1S/C12H8FN3OS/c13-9-5-8(14)1-2-10(9)17-12-15-6-7-3-4-18-11(7)16-12/h1-6H,14H2. The van der Waals surface area contributed by atoms with Crippen LogP contribution in [0.15, 0.2) is 35.8 Å². The quantitative estimate of drug-likeness (QED) is 0.719. The molecule has 3 rings (SSSR count). The Kier molecular flexibility index (Phi) is 2.56. The number of nitrogen functional groups attached to an aromatic ring is 1. The molecule has 1 aromatic carbocycles. The highest BCUT2D eigenvalue weighted by Crippen LogP contribution is 2.25. The number of hydrogen-bond acceptors (Lipinski definition) is 5. The summed E-state index contributed by atoms with van der Waals surface area (Å²) in [7, 11) is 0. The zero-order chi connectivity index (χ0) is 12.5. The van der Waals surface area contributed by atoms with Crippen LogP contribution in [0.5, 0.6) is 11.8 Å². The summed E-state index contributed by atoms with van der Waals surface area (Å²) in [5.74, 6) is -0.481. The fourth-order valence-corrected chi connectivity index (χ4v) is 2.22. The summed E-state index contributed by atoms with van der Waals surface area (Å²) in [4.78, 5) is 9.00. The molecule has 90 valence electrons. The van der Waals surface area contributed by atoms with Gasteiger partial charge in [-0.15, -0.1) is 11.3 Å². The molecule has 3 aromatic rings. The van der Waals surface area contributed by atoms with Crippen LogP contribution in [0.3, 0.4) is 0 Å². The van der Waals surface area contributed by atoms with Crippen molar-refractivity contribution in [1.82, 2.24) is 9.97 Å². The molecule has 0 atom stereocenters. The minimum atomic E-state index is -0.537. The topological polar surface area (TPSA) is 61.0 Å². The summed E-state index contributed by atoms with van der Waals surface area (Å²) in [6.07, 6.45) is 1.64. The number of nitrogens with two attached hydrogens (primary N) is 1. The molecule has 6 heteroatoms. The Balaban J connectivity index is 1.95. The first-order valence-corrected chi connectivity index (χ1v) is 6.03. The summed E-state index contributed by atoms with van der Waals surface area (Å²) in [6, 6.07) is 6.23. The largest absolute Gasteiger partial charge is 0.421 e. The second-order valence-corrected chi connectivity index (χ2v) is 4.52. The molecule has 0 aliphatic carbocycles. The van der Waals surface area contributed by atoms with Crippen LogP contribution in [0.2, 0.25) is 0 Å². The number of thiophene rings is 1. The molecule has 0 bridgehead atoms. The van der Waals surface area contributed by atoms with Gasteiger partial charge in [-0.3, -0.25) is 0 Å². The van der Waals surface area contributed by atoms with Gasteiger partial charge >= 0.3 is 6.01 Å². The van der Waals surface area contributed by atoms with E-state index in [1.807, 2.05) is 11.4 Å². The molecule has 0 spiro atoms. The molecule has 0 unspecified atom stereocenters. The number of ether oxygens (including phenoxy) is 1. The lowest BCUT2D eigenvalue weighted by molar-refractivity contribution is 0.413. The number of anilines is 1. The van der Waals surface area contributed by atoms with Gasteiger partial charge in [-0.1, -0.05) is 0 Å². The summed E-state index contributed by atoms with van der Waals surface area (Å²) in [5, 5.41) is 2.84. The molecule has 2 heterocycles. The van der Waals surface area contributed by atoms with E-state index < -0.39 is 5.82 Å². The van der Waals surface area contributed by atoms with E-state index in [1.54, 1.807) is 12.3 Å². The summed E-state index contributed by atoms with van der Waals surface area (Å²) >= 11 is 1.47. The van der Waals surface area contributed by atoms with Crippen molar-refractivity contribution < 1.29 is 9.13 Å². The minimum absolute atomic E-state index is 0.0557.